The van der Waals surface area contributed by atoms with Crippen molar-refractivity contribution < 1.29 is 9.59 Å². The molecule has 2 saturated carbocycles. The van der Waals surface area contributed by atoms with Crippen LogP contribution >= 0.6 is 0 Å². The van der Waals surface area contributed by atoms with Crippen molar-refractivity contribution in [2.75, 3.05) is 0 Å². The van der Waals surface area contributed by atoms with Gasteiger partial charge in [0.25, 0.3) is 0 Å². The van der Waals surface area contributed by atoms with Crippen LogP contribution < -0.4 is 10.9 Å². The molecule has 0 spiro atoms. The van der Waals surface area contributed by atoms with Crippen LogP contribution in [-0.2, 0) is 9.59 Å². The molecule has 6 heteroatoms. The van der Waals surface area contributed by atoms with Crippen molar-refractivity contribution in [3.8, 4) is 0 Å². The Bertz CT molecular complexity index is 459. The van der Waals surface area contributed by atoms with E-state index in [0.717, 1.165) is 37.1 Å². The molecule has 0 heterocycles. The molecule has 2 aliphatic rings. The van der Waals surface area contributed by atoms with E-state index in [1.165, 1.54) is 25.7 Å². The van der Waals surface area contributed by atoms with Gasteiger partial charge in [0.05, 0.1) is 0 Å². The van der Waals surface area contributed by atoms with Crippen LogP contribution in [-0.4, -0.2) is 23.2 Å². The minimum Gasteiger partial charge on any atom is -0.273 e. The van der Waals surface area contributed by atoms with Crippen LogP contribution in [0, 0.1) is 11.8 Å². The summed E-state index contributed by atoms with van der Waals surface area (Å²) in [6.07, 6.45) is 9.38. The van der Waals surface area contributed by atoms with Crippen LogP contribution in [0.4, 0.5) is 0 Å². The van der Waals surface area contributed by atoms with E-state index in [9.17, 15) is 9.59 Å². The van der Waals surface area contributed by atoms with E-state index in [0.29, 0.717) is 24.7 Å². The summed E-state index contributed by atoms with van der Waals surface area (Å²) in [7, 11) is 0. The molecular weight excluding hydrogens is 304 g/mol. The first kappa shape index (κ1) is 18.6. The molecule has 0 aromatic heterocycles. The van der Waals surface area contributed by atoms with E-state index in [-0.39, 0.29) is 11.8 Å². The molecule has 0 saturated heterocycles. The maximum absolute atomic E-state index is 11.6. The van der Waals surface area contributed by atoms with Gasteiger partial charge < -0.3 is 0 Å². The zero-order valence-corrected chi connectivity index (χ0v) is 14.9. The Kier molecular flexibility index (Phi) is 7.40. The molecule has 0 radical (unpaired) electrons. The molecule has 6 nitrogen and oxygen atoms in total. The van der Waals surface area contributed by atoms with Crippen LogP contribution in [0.25, 0.3) is 0 Å². The third-order valence-corrected chi connectivity index (χ3v) is 4.61. The molecule has 2 N–H and O–H groups in total. The lowest BCUT2D eigenvalue weighted by Crippen LogP contribution is -2.19. The molecule has 0 aliphatic heterocycles. The largest absolute Gasteiger partial charge is 0.273 e. The highest BCUT2D eigenvalue weighted by Crippen LogP contribution is 2.30. The summed E-state index contributed by atoms with van der Waals surface area (Å²) in [6, 6.07) is 0. The molecule has 0 atom stereocenters. The third kappa shape index (κ3) is 7.70. The van der Waals surface area contributed by atoms with Gasteiger partial charge in [0.1, 0.15) is 0 Å². The van der Waals surface area contributed by atoms with E-state index in [2.05, 4.69) is 21.1 Å². The third-order valence-electron chi connectivity index (χ3n) is 4.61. The van der Waals surface area contributed by atoms with Gasteiger partial charge >= 0.3 is 0 Å². The van der Waals surface area contributed by atoms with Gasteiger partial charge in [-0.3, -0.25) is 9.59 Å². The molecule has 0 aromatic carbocycles. The smallest absolute Gasteiger partial charge is 0.240 e. The highest BCUT2D eigenvalue weighted by Gasteiger charge is 2.25. The van der Waals surface area contributed by atoms with Crippen molar-refractivity contribution in [2.45, 2.75) is 78.1 Å². The number of unbranched alkanes of at least 4 members (excludes halogenated alkanes) is 3. The Balaban J connectivity index is 1.43. The average molecular weight is 334 g/mol. The van der Waals surface area contributed by atoms with Gasteiger partial charge in [0, 0.05) is 24.3 Å². The van der Waals surface area contributed by atoms with Gasteiger partial charge in [-0.2, -0.15) is 10.2 Å². The molecule has 0 aromatic rings. The summed E-state index contributed by atoms with van der Waals surface area (Å²) in [6.45, 7) is 3.94. The van der Waals surface area contributed by atoms with Crippen molar-refractivity contribution in [2.24, 2.45) is 22.0 Å². The molecule has 2 fully saturated rings. The predicted octanol–water partition coefficient (Wildman–Crippen LogP) is 3.13. The molecule has 0 unspecified atom stereocenters. The Labute approximate surface area is 144 Å². The van der Waals surface area contributed by atoms with Crippen molar-refractivity contribution >= 4 is 23.2 Å². The number of nitrogens with one attached hydrogen (secondary N) is 2. The van der Waals surface area contributed by atoms with Gasteiger partial charge in [-0.1, -0.05) is 12.8 Å². The molecule has 0 bridgehead atoms. The fraction of sp³-hybridized carbons (Fsp3) is 0.778. The highest BCUT2D eigenvalue weighted by atomic mass is 16.2. The van der Waals surface area contributed by atoms with E-state index >= 15 is 0 Å². The summed E-state index contributed by atoms with van der Waals surface area (Å²) in [5, 5.41) is 8.25. The van der Waals surface area contributed by atoms with Gasteiger partial charge in [0.2, 0.25) is 11.8 Å². The summed E-state index contributed by atoms with van der Waals surface area (Å²) < 4.78 is 0. The Hall–Kier alpha value is -1.72. The number of hydrogen-bond acceptors (Lipinski definition) is 4. The fourth-order valence-corrected chi connectivity index (χ4v) is 2.52. The Morgan fingerprint density at radius 1 is 0.750 bits per heavy atom. The Morgan fingerprint density at radius 3 is 1.46 bits per heavy atom. The first-order valence-corrected chi connectivity index (χ1v) is 9.22. The van der Waals surface area contributed by atoms with E-state index < -0.39 is 0 Å². The van der Waals surface area contributed by atoms with Crippen LogP contribution in [0.5, 0.6) is 0 Å². The maximum Gasteiger partial charge on any atom is 0.240 e. The number of hydrazone groups is 2. The van der Waals surface area contributed by atoms with Gasteiger partial charge in [0.15, 0.2) is 0 Å². The number of amides is 2. The number of rotatable bonds is 11. The van der Waals surface area contributed by atoms with E-state index in [1.54, 1.807) is 0 Å². The molecular formula is C18H30N4O2. The average Bonchev–Trinajstić information content (AvgIpc) is 3.44. The predicted molar refractivity (Wildman–Crippen MR) is 95.7 cm³/mol. The second-order valence-corrected chi connectivity index (χ2v) is 7.04. The first-order chi connectivity index (χ1) is 11.6. The topological polar surface area (TPSA) is 82.9 Å². The molecule has 2 rings (SSSR count). The summed E-state index contributed by atoms with van der Waals surface area (Å²) in [5.41, 5.74) is 7.32. The number of carbonyl (C=O) groups is 2. The van der Waals surface area contributed by atoms with Crippen LogP contribution in [0.3, 0.4) is 0 Å². The van der Waals surface area contributed by atoms with Crippen LogP contribution in [0.1, 0.15) is 78.1 Å². The zero-order valence-electron chi connectivity index (χ0n) is 14.9. The molecule has 2 amide bonds. The zero-order chi connectivity index (χ0) is 17.4. The lowest BCUT2D eigenvalue weighted by atomic mass is 10.1. The number of carbonyl (C=O) groups excluding carboxylic acids is 2. The normalized spacial score (nSPS) is 18.4. The molecule has 2 aliphatic carbocycles. The first-order valence-electron chi connectivity index (χ1n) is 9.22. The minimum absolute atomic E-state index is 0.0161. The SMILES string of the molecule is CC(=NNC(=O)CCCCCCC(=O)NN=C(C)C1CC1)C1CC1. The second kappa shape index (κ2) is 9.55. The summed E-state index contributed by atoms with van der Waals surface area (Å²) in [5.74, 6) is 1.15. The maximum atomic E-state index is 11.6. The van der Waals surface area contributed by atoms with Crippen molar-refractivity contribution in [3.63, 3.8) is 0 Å². The van der Waals surface area contributed by atoms with Gasteiger partial charge in [-0.25, -0.2) is 10.9 Å². The number of hydrogen-bond donors (Lipinski definition) is 2. The fourth-order valence-electron chi connectivity index (χ4n) is 2.52. The van der Waals surface area contributed by atoms with E-state index in [4.69, 9.17) is 0 Å². The second-order valence-electron chi connectivity index (χ2n) is 7.04. The van der Waals surface area contributed by atoms with Crippen molar-refractivity contribution in [1.82, 2.24) is 10.9 Å². The van der Waals surface area contributed by atoms with Crippen molar-refractivity contribution in [3.05, 3.63) is 0 Å². The van der Waals surface area contributed by atoms with Crippen LogP contribution in [0.2, 0.25) is 0 Å². The highest BCUT2D eigenvalue weighted by molar-refractivity contribution is 5.88. The standard InChI is InChI=1S/C18H30N4O2/c1-13(15-9-10-15)19-21-17(23)7-5-3-4-6-8-18(24)22-20-14(2)16-11-12-16/h15-16H,3-12H2,1-2H3,(H,21,23)(H,22,24). The molecule has 134 valence electrons. The minimum atomic E-state index is -0.0161. The van der Waals surface area contributed by atoms with Crippen molar-refractivity contribution in [1.29, 1.82) is 0 Å². The quantitative estimate of drug-likeness (QED) is 0.346. The van der Waals surface area contributed by atoms with Gasteiger partial charge in [-0.15, -0.1) is 0 Å². The summed E-state index contributed by atoms with van der Waals surface area (Å²) >= 11 is 0. The van der Waals surface area contributed by atoms with Gasteiger partial charge in [-0.05, 0) is 64.2 Å². The Morgan fingerprint density at radius 2 is 1.12 bits per heavy atom. The van der Waals surface area contributed by atoms with E-state index in [1.807, 2.05) is 13.8 Å². The number of nitrogens with zero attached hydrogens (tertiary/aromatic N) is 2. The monoisotopic (exact) mass is 334 g/mol. The lowest BCUT2D eigenvalue weighted by molar-refractivity contribution is -0.122. The summed E-state index contributed by atoms with van der Waals surface area (Å²) in [4.78, 5) is 23.3. The lowest BCUT2D eigenvalue weighted by Gasteiger charge is -2.03. The molecule has 24 heavy (non-hydrogen) atoms. The van der Waals surface area contributed by atoms with Crippen LogP contribution in [0.15, 0.2) is 10.2 Å².